The fraction of sp³-hybridized carbons (Fsp3) is 0.583. The van der Waals surface area contributed by atoms with E-state index in [4.69, 9.17) is 5.73 Å². The molecule has 0 bridgehead atoms. The lowest BCUT2D eigenvalue weighted by atomic mass is 10.2. The zero-order chi connectivity index (χ0) is 15.4. The van der Waals surface area contributed by atoms with Crippen molar-refractivity contribution in [3.8, 4) is 0 Å². The van der Waals surface area contributed by atoms with Crippen LogP contribution in [0.1, 0.15) is 25.7 Å². The molecular formula is C12H18N6O3. The molecule has 0 saturated heterocycles. The number of primary amides is 1. The molecule has 1 heterocycles. The summed E-state index contributed by atoms with van der Waals surface area (Å²) in [5, 5.41) is 14.0. The Hall–Kier alpha value is -2.45. The number of rotatable bonds is 6. The molecule has 9 heteroatoms. The van der Waals surface area contributed by atoms with E-state index in [1.807, 2.05) is 0 Å². The first kappa shape index (κ1) is 14.9. The van der Waals surface area contributed by atoms with Gasteiger partial charge in [-0.05, 0) is 12.8 Å². The van der Waals surface area contributed by atoms with Crippen molar-refractivity contribution in [2.45, 2.75) is 31.7 Å². The third-order valence-electron chi connectivity index (χ3n) is 3.59. The van der Waals surface area contributed by atoms with Gasteiger partial charge in [-0.1, -0.05) is 12.8 Å². The smallest absolute Gasteiger partial charge is 0.353 e. The minimum atomic E-state index is -0.541. The van der Waals surface area contributed by atoms with Crippen LogP contribution in [0.2, 0.25) is 0 Å². The number of carbonyl (C=O) groups is 1. The molecule has 2 rings (SSSR count). The van der Waals surface area contributed by atoms with E-state index in [0.29, 0.717) is 0 Å². The number of nitrogens with zero attached hydrogens (tertiary/aromatic N) is 4. The standard InChI is InChI=1S/C12H18N6O3/c1-14-11-10(18(20)21)12(16-7-15-11)17(6-9(13)19)8-4-2-3-5-8/h7-8H,2-6H2,1H3,(H2,13,19)(H,14,15,16). The summed E-state index contributed by atoms with van der Waals surface area (Å²) in [5.41, 5.74) is 5.06. The number of hydrogen-bond donors (Lipinski definition) is 2. The van der Waals surface area contributed by atoms with Crippen LogP contribution in [0.25, 0.3) is 0 Å². The summed E-state index contributed by atoms with van der Waals surface area (Å²) in [6, 6.07) is 0.0378. The van der Waals surface area contributed by atoms with Crippen LogP contribution in [-0.4, -0.2) is 40.4 Å². The van der Waals surface area contributed by atoms with Gasteiger partial charge in [0, 0.05) is 13.1 Å². The number of carbonyl (C=O) groups excluding carboxylic acids is 1. The highest BCUT2D eigenvalue weighted by Gasteiger charge is 2.32. The highest BCUT2D eigenvalue weighted by atomic mass is 16.6. The van der Waals surface area contributed by atoms with E-state index in [-0.39, 0.29) is 29.9 Å². The van der Waals surface area contributed by atoms with Gasteiger partial charge in [0.05, 0.1) is 11.5 Å². The zero-order valence-electron chi connectivity index (χ0n) is 11.8. The first-order chi connectivity index (χ1) is 10.0. The summed E-state index contributed by atoms with van der Waals surface area (Å²) in [7, 11) is 1.55. The molecule has 1 aliphatic rings. The summed E-state index contributed by atoms with van der Waals surface area (Å²) in [4.78, 5) is 31.7. The van der Waals surface area contributed by atoms with Gasteiger partial charge in [-0.15, -0.1) is 0 Å². The molecule has 21 heavy (non-hydrogen) atoms. The van der Waals surface area contributed by atoms with Crippen LogP contribution >= 0.6 is 0 Å². The lowest BCUT2D eigenvalue weighted by molar-refractivity contribution is -0.383. The van der Waals surface area contributed by atoms with Crippen LogP contribution in [-0.2, 0) is 4.79 Å². The van der Waals surface area contributed by atoms with Crippen LogP contribution in [0.15, 0.2) is 6.33 Å². The number of aromatic nitrogens is 2. The molecule has 1 amide bonds. The van der Waals surface area contributed by atoms with E-state index in [1.165, 1.54) is 6.33 Å². The largest absolute Gasteiger partial charge is 0.368 e. The maximum Gasteiger partial charge on any atom is 0.353 e. The van der Waals surface area contributed by atoms with Gasteiger partial charge in [0.2, 0.25) is 17.5 Å². The second kappa shape index (κ2) is 6.33. The molecule has 0 atom stereocenters. The molecular weight excluding hydrogens is 276 g/mol. The Bertz CT molecular complexity index is 544. The topological polar surface area (TPSA) is 127 Å². The number of nitrogens with one attached hydrogen (secondary N) is 1. The van der Waals surface area contributed by atoms with E-state index >= 15 is 0 Å². The van der Waals surface area contributed by atoms with Crippen LogP contribution in [0.5, 0.6) is 0 Å². The Kier molecular flexibility index (Phi) is 4.51. The number of hydrogen-bond acceptors (Lipinski definition) is 7. The lowest BCUT2D eigenvalue weighted by Gasteiger charge is -2.28. The van der Waals surface area contributed by atoms with E-state index in [0.717, 1.165) is 25.7 Å². The van der Waals surface area contributed by atoms with Crippen LogP contribution in [0.4, 0.5) is 17.3 Å². The van der Waals surface area contributed by atoms with E-state index in [9.17, 15) is 14.9 Å². The number of amides is 1. The van der Waals surface area contributed by atoms with Crippen molar-refractivity contribution in [2.24, 2.45) is 5.73 Å². The Balaban J connectivity index is 2.47. The van der Waals surface area contributed by atoms with Gasteiger partial charge in [-0.2, -0.15) is 0 Å². The maximum atomic E-state index is 11.3. The second-order valence-electron chi connectivity index (χ2n) is 4.93. The maximum absolute atomic E-state index is 11.3. The molecule has 1 aromatic heterocycles. The molecule has 9 nitrogen and oxygen atoms in total. The Labute approximate surface area is 121 Å². The molecule has 0 unspecified atom stereocenters. The van der Waals surface area contributed by atoms with Gasteiger partial charge in [0.1, 0.15) is 6.33 Å². The van der Waals surface area contributed by atoms with E-state index < -0.39 is 10.8 Å². The zero-order valence-corrected chi connectivity index (χ0v) is 11.8. The first-order valence-corrected chi connectivity index (χ1v) is 6.76. The molecule has 0 aliphatic heterocycles. The fourth-order valence-corrected chi connectivity index (χ4v) is 2.69. The summed E-state index contributed by atoms with van der Waals surface area (Å²) in [5.74, 6) is -0.275. The Morgan fingerprint density at radius 3 is 2.71 bits per heavy atom. The highest BCUT2D eigenvalue weighted by Crippen LogP contribution is 2.35. The van der Waals surface area contributed by atoms with Crippen molar-refractivity contribution in [3.05, 3.63) is 16.4 Å². The van der Waals surface area contributed by atoms with Crippen LogP contribution in [0, 0.1) is 10.1 Å². The van der Waals surface area contributed by atoms with Gasteiger partial charge < -0.3 is 16.0 Å². The minimum absolute atomic E-state index is 0.0378. The van der Waals surface area contributed by atoms with Crippen molar-refractivity contribution in [1.29, 1.82) is 0 Å². The van der Waals surface area contributed by atoms with Crippen molar-refractivity contribution in [2.75, 3.05) is 23.8 Å². The predicted molar refractivity (Wildman–Crippen MR) is 77.0 cm³/mol. The fourth-order valence-electron chi connectivity index (χ4n) is 2.69. The van der Waals surface area contributed by atoms with Gasteiger partial charge in [-0.3, -0.25) is 14.9 Å². The normalized spacial score (nSPS) is 14.9. The van der Waals surface area contributed by atoms with Crippen molar-refractivity contribution >= 4 is 23.2 Å². The van der Waals surface area contributed by atoms with Gasteiger partial charge in [-0.25, -0.2) is 9.97 Å². The van der Waals surface area contributed by atoms with Crippen molar-refractivity contribution in [1.82, 2.24) is 9.97 Å². The molecule has 1 aromatic rings. The van der Waals surface area contributed by atoms with Crippen LogP contribution < -0.4 is 16.0 Å². The van der Waals surface area contributed by atoms with Crippen molar-refractivity contribution < 1.29 is 9.72 Å². The third-order valence-corrected chi connectivity index (χ3v) is 3.59. The monoisotopic (exact) mass is 294 g/mol. The molecule has 0 spiro atoms. The number of nitro groups is 1. The van der Waals surface area contributed by atoms with Gasteiger partial charge in [0.15, 0.2) is 0 Å². The Morgan fingerprint density at radius 1 is 1.52 bits per heavy atom. The average molecular weight is 294 g/mol. The Morgan fingerprint density at radius 2 is 2.19 bits per heavy atom. The lowest BCUT2D eigenvalue weighted by Crippen LogP contribution is -2.41. The molecule has 0 radical (unpaired) electrons. The summed E-state index contributed by atoms with van der Waals surface area (Å²) >= 11 is 0. The highest BCUT2D eigenvalue weighted by molar-refractivity contribution is 5.81. The number of anilines is 2. The average Bonchev–Trinajstić information content (AvgIpc) is 2.97. The summed E-state index contributed by atoms with van der Waals surface area (Å²) < 4.78 is 0. The molecule has 114 valence electrons. The van der Waals surface area contributed by atoms with E-state index in [1.54, 1.807) is 11.9 Å². The minimum Gasteiger partial charge on any atom is -0.368 e. The summed E-state index contributed by atoms with van der Waals surface area (Å²) in [6.07, 6.45) is 5.03. The molecule has 1 saturated carbocycles. The molecule has 1 fully saturated rings. The van der Waals surface area contributed by atoms with Crippen LogP contribution in [0.3, 0.4) is 0 Å². The second-order valence-corrected chi connectivity index (χ2v) is 4.93. The van der Waals surface area contributed by atoms with Gasteiger partial charge in [0.25, 0.3) is 0 Å². The predicted octanol–water partition coefficient (Wildman–Crippen LogP) is 0.661. The molecule has 1 aliphatic carbocycles. The molecule has 0 aromatic carbocycles. The third kappa shape index (κ3) is 3.18. The SMILES string of the molecule is CNc1ncnc(N(CC(N)=O)C2CCCC2)c1[N+](=O)[O-]. The quantitative estimate of drug-likeness (QED) is 0.582. The molecule has 3 N–H and O–H groups in total. The summed E-state index contributed by atoms with van der Waals surface area (Å²) in [6.45, 7) is -0.0916. The first-order valence-electron chi connectivity index (χ1n) is 6.76. The van der Waals surface area contributed by atoms with E-state index in [2.05, 4.69) is 15.3 Å². The van der Waals surface area contributed by atoms with Crippen molar-refractivity contribution in [3.63, 3.8) is 0 Å². The van der Waals surface area contributed by atoms with Gasteiger partial charge >= 0.3 is 5.69 Å². The number of nitrogens with two attached hydrogens (primary N) is 1.